The molecule has 1 aromatic heterocycles. The maximum Gasteiger partial charge on any atom is 0.381 e. The second kappa shape index (κ2) is 4.84. The lowest BCUT2D eigenvalue weighted by Crippen LogP contribution is -2.20. The van der Waals surface area contributed by atoms with Gasteiger partial charge in [-0.05, 0) is 37.6 Å². The summed E-state index contributed by atoms with van der Waals surface area (Å²) in [5.41, 5.74) is 1.51. The first-order valence-electron chi connectivity index (χ1n) is 5.93. The van der Waals surface area contributed by atoms with Crippen LogP contribution in [-0.4, -0.2) is 22.9 Å². The topological polar surface area (TPSA) is 48.3 Å². The molecule has 0 spiro atoms. The van der Waals surface area contributed by atoms with Gasteiger partial charge in [0.15, 0.2) is 0 Å². The molecule has 2 aromatic rings. The first-order valence-corrected chi connectivity index (χ1v) is 5.93. The lowest BCUT2D eigenvalue weighted by atomic mass is 10.1. The van der Waals surface area contributed by atoms with Crippen molar-refractivity contribution in [2.24, 2.45) is 7.05 Å². The molecule has 1 aromatic carbocycles. The molecule has 0 bridgehead atoms. The van der Waals surface area contributed by atoms with Crippen molar-refractivity contribution in [3.8, 4) is 0 Å². The van der Waals surface area contributed by atoms with Crippen LogP contribution in [0.25, 0.3) is 10.9 Å². The zero-order chi connectivity index (χ0) is 14.2. The summed E-state index contributed by atoms with van der Waals surface area (Å²) in [5.74, 6) is -1.98. The van der Waals surface area contributed by atoms with E-state index in [1.165, 1.54) is 12.1 Å². The van der Waals surface area contributed by atoms with Gasteiger partial charge in [-0.1, -0.05) is 0 Å². The minimum atomic E-state index is -0.892. The molecule has 0 aliphatic rings. The SMILES string of the molecule is CCOC(=O)C(=O)c1c(C)c2cc(F)ccc2n1C. The van der Waals surface area contributed by atoms with E-state index < -0.39 is 11.8 Å². The quantitative estimate of drug-likeness (QED) is 0.485. The highest BCUT2D eigenvalue weighted by atomic mass is 19.1. The normalized spacial score (nSPS) is 10.7. The first-order chi connectivity index (χ1) is 8.97. The molecule has 0 saturated carbocycles. The fourth-order valence-electron chi connectivity index (χ4n) is 2.22. The molecule has 19 heavy (non-hydrogen) atoms. The molecule has 100 valence electrons. The van der Waals surface area contributed by atoms with Crippen molar-refractivity contribution in [2.45, 2.75) is 13.8 Å². The average molecular weight is 263 g/mol. The monoisotopic (exact) mass is 263 g/mol. The van der Waals surface area contributed by atoms with E-state index in [4.69, 9.17) is 4.74 Å². The number of aromatic nitrogens is 1. The second-order valence-electron chi connectivity index (χ2n) is 4.24. The largest absolute Gasteiger partial charge is 0.460 e. The van der Waals surface area contributed by atoms with Gasteiger partial charge < -0.3 is 9.30 Å². The summed E-state index contributed by atoms with van der Waals surface area (Å²) in [6.07, 6.45) is 0. The second-order valence-corrected chi connectivity index (χ2v) is 4.24. The summed E-state index contributed by atoms with van der Waals surface area (Å²) >= 11 is 0. The maximum atomic E-state index is 13.3. The summed E-state index contributed by atoms with van der Waals surface area (Å²) in [5, 5.41) is 0.621. The molecule has 0 atom stereocenters. The molecular weight excluding hydrogens is 249 g/mol. The zero-order valence-electron chi connectivity index (χ0n) is 11.0. The number of nitrogens with zero attached hydrogens (tertiary/aromatic N) is 1. The third kappa shape index (κ3) is 2.12. The number of hydrogen-bond donors (Lipinski definition) is 0. The third-order valence-corrected chi connectivity index (χ3v) is 3.09. The van der Waals surface area contributed by atoms with Gasteiger partial charge in [0.2, 0.25) is 0 Å². The van der Waals surface area contributed by atoms with E-state index in [-0.39, 0.29) is 18.1 Å². The number of esters is 1. The van der Waals surface area contributed by atoms with Crippen LogP contribution in [0.1, 0.15) is 23.0 Å². The molecule has 0 saturated heterocycles. The van der Waals surface area contributed by atoms with Crippen LogP contribution in [0.5, 0.6) is 0 Å². The number of ether oxygens (including phenoxy) is 1. The van der Waals surface area contributed by atoms with Crippen LogP contribution in [0.15, 0.2) is 18.2 Å². The molecule has 0 amide bonds. The van der Waals surface area contributed by atoms with E-state index in [1.54, 1.807) is 31.5 Å². The molecule has 0 fully saturated rings. The maximum absolute atomic E-state index is 13.3. The number of aryl methyl sites for hydroxylation is 2. The number of halogens is 1. The lowest BCUT2D eigenvalue weighted by molar-refractivity contribution is -0.137. The van der Waals surface area contributed by atoms with Crippen LogP contribution in [0.2, 0.25) is 0 Å². The van der Waals surface area contributed by atoms with Gasteiger partial charge in [0.1, 0.15) is 11.5 Å². The molecule has 4 nitrogen and oxygen atoms in total. The molecule has 0 aliphatic carbocycles. The Balaban J connectivity index is 2.61. The minimum absolute atomic E-state index is 0.141. The molecule has 0 aliphatic heterocycles. The van der Waals surface area contributed by atoms with Crippen LogP contribution in [0.4, 0.5) is 4.39 Å². The summed E-state index contributed by atoms with van der Waals surface area (Å²) in [6, 6.07) is 4.26. The van der Waals surface area contributed by atoms with E-state index in [1.807, 2.05) is 0 Å². The van der Waals surface area contributed by atoms with Crippen LogP contribution in [-0.2, 0) is 16.6 Å². The Labute approximate surface area is 109 Å². The average Bonchev–Trinajstić information content (AvgIpc) is 2.61. The lowest BCUT2D eigenvalue weighted by Gasteiger charge is -2.04. The van der Waals surface area contributed by atoms with Crippen molar-refractivity contribution in [3.63, 3.8) is 0 Å². The van der Waals surface area contributed by atoms with E-state index >= 15 is 0 Å². The van der Waals surface area contributed by atoms with Gasteiger partial charge in [-0.25, -0.2) is 9.18 Å². The summed E-state index contributed by atoms with van der Waals surface area (Å²) < 4.78 is 19.6. The van der Waals surface area contributed by atoms with Crippen molar-refractivity contribution in [2.75, 3.05) is 6.61 Å². The standard InChI is InChI=1S/C14H14FNO3/c1-4-19-14(18)13(17)12-8(2)10-7-9(15)5-6-11(10)16(12)3/h5-7H,4H2,1-3H3. The van der Waals surface area contributed by atoms with Crippen LogP contribution < -0.4 is 0 Å². The molecule has 0 radical (unpaired) electrons. The van der Waals surface area contributed by atoms with E-state index in [0.717, 1.165) is 0 Å². The van der Waals surface area contributed by atoms with Crippen molar-refractivity contribution >= 4 is 22.7 Å². The van der Waals surface area contributed by atoms with E-state index in [9.17, 15) is 14.0 Å². The van der Waals surface area contributed by atoms with Crippen molar-refractivity contribution in [1.29, 1.82) is 0 Å². The predicted molar refractivity (Wildman–Crippen MR) is 68.6 cm³/mol. The number of benzene rings is 1. The molecule has 2 rings (SSSR count). The number of Topliss-reactive ketones (excluding diaryl/α,β-unsaturated/α-hetero) is 1. The smallest absolute Gasteiger partial charge is 0.381 e. The number of ketones is 1. The number of fused-ring (bicyclic) bond motifs is 1. The number of carbonyl (C=O) groups is 2. The highest BCUT2D eigenvalue weighted by Crippen LogP contribution is 2.26. The predicted octanol–water partition coefficient (Wildman–Crippen LogP) is 2.37. The van der Waals surface area contributed by atoms with E-state index in [0.29, 0.717) is 16.5 Å². The molecule has 5 heteroatoms. The van der Waals surface area contributed by atoms with Gasteiger partial charge >= 0.3 is 5.97 Å². The highest BCUT2D eigenvalue weighted by Gasteiger charge is 2.25. The molecule has 0 N–H and O–H groups in total. The number of rotatable bonds is 3. The molecule has 0 unspecified atom stereocenters. The Hall–Kier alpha value is -2.17. The van der Waals surface area contributed by atoms with Gasteiger partial charge in [0, 0.05) is 18.0 Å². The van der Waals surface area contributed by atoms with E-state index in [2.05, 4.69) is 0 Å². The van der Waals surface area contributed by atoms with Crippen LogP contribution in [0.3, 0.4) is 0 Å². The van der Waals surface area contributed by atoms with Gasteiger partial charge in [-0.3, -0.25) is 4.79 Å². The highest BCUT2D eigenvalue weighted by molar-refractivity contribution is 6.41. The van der Waals surface area contributed by atoms with Gasteiger partial charge in [-0.2, -0.15) is 0 Å². The van der Waals surface area contributed by atoms with Crippen LogP contribution in [0, 0.1) is 12.7 Å². The first kappa shape index (κ1) is 13.3. The number of carbonyl (C=O) groups excluding carboxylic acids is 2. The van der Waals surface area contributed by atoms with Crippen LogP contribution >= 0.6 is 0 Å². The molecule has 1 heterocycles. The third-order valence-electron chi connectivity index (χ3n) is 3.09. The fraction of sp³-hybridized carbons (Fsp3) is 0.286. The van der Waals surface area contributed by atoms with Crippen molar-refractivity contribution in [1.82, 2.24) is 4.57 Å². The summed E-state index contributed by atoms with van der Waals surface area (Å²) in [6.45, 7) is 3.46. The van der Waals surface area contributed by atoms with Gasteiger partial charge in [0.05, 0.1) is 6.61 Å². The Kier molecular flexibility index (Phi) is 3.38. The van der Waals surface area contributed by atoms with Crippen molar-refractivity contribution < 1.29 is 18.7 Å². The Morgan fingerprint density at radius 2 is 2.05 bits per heavy atom. The summed E-state index contributed by atoms with van der Waals surface area (Å²) in [4.78, 5) is 23.6. The Morgan fingerprint density at radius 3 is 2.68 bits per heavy atom. The fourth-order valence-corrected chi connectivity index (χ4v) is 2.22. The Bertz CT molecular complexity index is 673. The summed E-state index contributed by atoms with van der Waals surface area (Å²) in [7, 11) is 1.67. The van der Waals surface area contributed by atoms with Gasteiger partial charge in [0.25, 0.3) is 5.78 Å². The van der Waals surface area contributed by atoms with Crippen molar-refractivity contribution in [3.05, 3.63) is 35.3 Å². The Morgan fingerprint density at radius 1 is 1.37 bits per heavy atom. The number of hydrogen-bond acceptors (Lipinski definition) is 3. The van der Waals surface area contributed by atoms with Gasteiger partial charge in [-0.15, -0.1) is 0 Å². The minimum Gasteiger partial charge on any atom is -0.460 e. The molecular formula is C14H14FNO3. The zero-order valence-corrected chi connectivity index (χ0v) is 11.0.